The number of hydrogen-bond acceptors (Lipinski definition) is 2. The van der Waals surface area contributed by atoms with Crippen molar-refractivity contribution in [2.24, 2.45) is 5.92 Å². The van der Waals surface area contributed by atoms with E-state index in [4.69, 9.17) is 5.11 Å². The van der Waals surface area contributed by atoms with Crippen LogP contribution in [0.25, 0.3) is 0 Å². The summed E-state index contributed by atoms with van der Waals surface area (Å²) in [6.45, 7) is 3.88. The van der Waals surface area contributed by atoms with E-state index in [2.05, 4.69) is 11.9 Å². The third-order valence-corrected chi connectivity index (χ3v) is 2.76. The zero-order chi connectivity index (χ0) is 16.5. The predicted octanol–water partition coefficient (Wildman–Crippen LogP) is 3.68. The van der Waals surface area contributed by atoms with E-state index < -0.39 is 23.3 Å². The van der Waals surface area contributed by atoms with E-state index in [1.165, 1.54) is 0 Å². The van der Waals surface area contributed by atoms with E-state index in [1.807, 2.05) is 0 Å². The number of H-pyrrole nitrogens is 1. The first-order valence-electron chi connectivity index (χ1n) is 6.67. The van der Waals surface area contributed by atoms with Gasteiger partial charge in [0.25, 0.3) is 0 Å². The molecular formula is C14H20F3NO3. The molecule has 1 heterocycles. The Balaban J connectivity index is 0.000000384. The van der Waals surface area contributed by atoms with Crippen LogP contribution in [0.1, 0.15) is 45.1 Å². The van der Waals surface area contributed by atoms with Crippen molar-refractivity contribution in [3.63, 3.8) is 0 Å². The molecule has 0 radical (unpaired) electrons. The fourth-order valence-corrected chi connectivity index (χ4v) is 1.44. The Hall–Kier alpha value is -1.79. The minimum atomic E-state index is -4.44. The molecule has 0 spiro atoms. The van der Waals surface area contributed by atoms with Gasteiger partial charge < -0.3 is 10.1 Å². The third-order valence-electron chi connectivity index (χ3n) is 2.76. The van der Waals surface area contributed by atoms with Gasteiger partial charge in [-0.2, -0.15) is 13.2 Å². The van der Waals surface area contributed by atoms with E-state index in [0.29, 0.717) is 6.07 Å². The number of aromatic amines is 1. The summed E-state index contributed by atoms with van der Waals surface area (Å²) in [5, 5.41) is 8.48. The van der Waals surface area contributed by atoms with Crippen LogP contribution in [0.5, 0.6) is 0 Å². The Morgan fingerprint density at radius 3 is 2.38 bits per heavy atom. The molecule has 0 amide bonds. The molecule has 0 aromatic carbocycles. The number of rotatable bonds is 5. The Kier molecular flexibility index (Phi) is 8.42. The molecule has 7 heteroatoms. The number of unbranched alkanes of at least 4 members (excludes halogenated alkanes) is 2. The monoisotopic (exact) mass is 307 g/mol. The molecule has 0 aliphatic heterocycles. The van der Waals surface area contributed by atoms with Crippen molar-refractivity contribution in [1.29, 1.82) is 0 Å². The minimum Gasteiger partial charge on any atom is -0.481 e. The highest BCUT2D eigenvalue weighted by molar-refractivity contribution is 5.69. The maximum atomic E-state index is 11.8. The van der Waals surface area contributed by atoms with Gasteiger partial charge in [-0.05, 0) is 12.5 Å². The quantitative estimate of drug-likeness (QED) is 0.815. The van der Waals surface area contributed by atoms with Crippen molar-refractivity contribution >= 4 is 5.97 Å². The maximum Gasteiger partial charge on any atom is 0.416 e. The Labute approximate surface area is 121 Å². The van der Waals surface area contributed by atoms with Crippen molar-refractivity contribution < 1.29 is 23.1 Å². The fraction of sp³-hybridized carbons (Fsp3) is 0.571. The molecule has 0 saturated carbocycles. The number of carboxylic acids is 1. The number of halogens is 3. The fourth-order valence-electron chi connectivity index (χ4n) is 1.44. The Morgan fingerprint density at radius 1 is 1.38 bits per heavy atom. The highest BCUT2D eigenvalue weighted by Crippen LogP contribution is 2.27. The average Bonchev–Trinajstić information content (AvgIpc) is 2.38. The standard InChI is InChI=1S/C8H16O2.C6H4F3NO/c1-3-4-5-6-7(2)8(9)10;7-6(8,9)4-1-2-10-5(11)3-4/h7H,3-6H2,1-2H3,(H,9,10);1-3H,(H,10,11). The number of alkyl halides is 3. The molecule has 120 valence electrons. The summed E-state index contributed by atoms with van der Waals surface area (Å²) in [4.78, 5) is 22.8. The van der Waals surface area contributed by atoms with Crippen molar-refractivity contribution in [3.05, 3.63) is 34.2 Å². The average molecular weight is 307 g/mol. The zero-order valence-electron chi connectivity index (χ0n) is 12.0. The predicted molar refractivity (Wildman–Crippen MR) is 73.0 cm³/mol. The first-order valence-corrected chi connectivity index (χ1v) is 6.67. The summed E-state index contributed by atoms with van der Waals surface area (Å²) in [6.07, 6.45) is 0.705. The van der Waals surface area contributed by atoms with Crippen LogP contribution in [0.2, 0.25) is 0 Å². The molecule has 0 aliphatic rings. The lowest BCUT2D eigenvalue weighted by Gasteiger charge is -2.03. The van der Waals surface area contributed by atoms with Crippen molar-refractivity contribution in [2.75, 3.05) is 0 Å². The molecule has 0 fully saturated rings. The third kappa shape index (κ3) is 8.88. The number of hydrogen-bond donors (Lipinski definition) is 2. The number of carboxylic acid groups (broad SMARTS) is 1. The van der Waals surface area contributed by atoms with Gasteiger partial charge in [-0.3, -0.25) is 9.59 Å². The number of pyridine rings is 1. The summed E-state index contributed by atoms with van der Waals surface area (Å²) in [6, 6.07) is 1.32. The van der Waals surface area contributed by atoms with Crippen LogP contribution in [0.15, 0.2) is 23.1 Å². The SMILES string of the molecule is CCCCCC(C)C(=O)O.O=c1cc(C(F)(F)F)cc[nH]1. The van der Waals surface area contributed by atoms with Crippen LogP contribution in [-0.2, 0) is 11.0 Å². The first kappa shape index (κ1) is 19.2. The van der Waals surface area contributed by atoms with Gasteiger partial charge in [-0.1, -0.05) is 33.1 Å². The van der Waals surface area contributed by atoms with Crippen LogP contribution in [0, 0.1) is 5.92 Å². The van der Waals surface area contributed by atoms with Crippen molar-refractivity contribution in [3.8, 4) is 0 Å². The van der Waals surface area contributed by atoms with E-state index in [0.717, 1.165) is 37.9 Å². The lowest BCUT2D eigenvalue weighted by molar-refractivity contribution is -0.141. The number of carbonyl (C=O) groups is 1. The topological polar surface area (TPSA) is 70.2 Å². The van der Waals surface area contributed by atoms with Crippen molar-refractivity contribution in [1.82, 2.24) is 4.98 Å². The molecule has 2 N–H and O–H groups in total. The minimum absolute atomic E-state index is 0.161. The Bertz CT molecular complexity index is 483. The summed E-state index contributed by atoms with van der Waals surface area (Å²) in [5.41, 5.74) is -1.68. The lowest BCUT2D eigenvalue weighted by atomic mass is 10.0. The molecule has 1 atom stereocenters. The largest absolute Gasteiger partial charge is 0.481 e. The van der Waals surface area contributed by atoms with E-state index in [9.17, 15) is 22.8 Å². The molecule has 1 rings (SSSR count). The maximum absolute atomic E-state index is 11.8. The molecule has 1 aromatic rings. The first-order chi connectivity index (χ1) is 9.68. The molecule has 0 saturated heterocycles. The van der Waals surface area contributed by atoms with Crippen molar-refractivity contribution in [2.45, 2.75) is 45.7 Å². The Morgan fingerprint density at radius 2 is 2.00 bits per heavy atom. The van der Waals surface area contributed by atoms with Gasteiger partial charge in [-0.15, -0.1) is 0 Å². The molecule has 0 aliphatic carbocycles. The van der Waals surface area contributed by atoms with Crippen LogP contribution in [0.3, 0.4) is 0 Å². The number of aliphatic carboxylic acids is 1. The van der Waals surface area contributed by atoms with Gasteiger partial charge in [0.1, 0.15) is 0 Å². The highest BCUT2D eigenvalue weighted by Gasteiger charge is 2.30. The van der Waals surface area contributed by atoms with E-state index in [1.54, 1.807) is 6.92 Å². The summed E-state index contributed by atoms with van der Waals surface area (Å²) in [7, 11) is 0. The van der Waals surface area contributed by atoms with E-state index in [-0.39, 0.29) is 5.92 Å². The second-order valence-corrected chi connectivity index (χ2v) is 4.67. The molecule has 0 bridgehead atoms. The van der Waals surface area contributed by atoms with Gasteiger partial charge in [0.2, 0.25) is 5.56 Å². The molecule has 1 unspecified atom stereocenters. The molecular weight excluding hydrogens is 287 g/mol. The van der Waals surface area contributed by atoms with Gasteiger partial charge in [0, 0.05) is 12.3 Å². The highest BCUT2D eigenvalue weighted by atomic mass is 19.4. The van der Waals surface area contributed by atoms with Crippen LogP contribution >= 0.6 is 0 Å². The van der Waals surface area contributed by atoms with Gasteiger partial charge in [-0.25, -0.2) is 0 Å². The van der Waals surface area contributed by atoms with Crippen LogP contribution in [0.4, 0.5) is 13.2 Å². The van der Waals surface area contributed by atoms with Crippen LogP contribution < -0.4 is 5.56 Å². The number of nitrogens with one attached hydrogen (secondary N) is 1. The van der Waals surface area contributed by atoms with Gasteiger partial charge in [0.05, 0.1) is 11.5 Å². The number of aromatic nitrogens is 1. The van der Waals surface area contributed by atoms with Gasteiger partial charge in [0.15, 0.2) is 0 Å². The molecule has 21 heavy (non-hydrogen) atoms. The second-order valence-electron chi connectivity index (χ2n) is 4.67. The second kappa shape index (κ2) is 9.20. The zero-order valence-corrected chi connectivity index (χ0v) is 12.0. The van der Waals surface area contributed by atoms with Gasteiger partial charge >= 0.3 is 12.1 Å². The smallest absolute Gasteiger partial charge is 0.416 e. The summed E-state index contributed by atoms with van der Waals surface area (Å²) >= 11 is 0. The molecule has 4 nitrogen and oxygen atoms in total. The summed E-state index contributed by atoms with van der Waals surface area (Å²) < 4.78 is 35.4. The van der Waals surface area contributed by atoms with Crippen LogP contribution in [-0.4, -0.2) is 16.1 Å². The normalized spacial score (nSPS) is 12.2. The lowest BCUT2D eigenvalue weighted by Crippen LogP contribution is -2.11. The van der Waals surface area contributed by atoms with E-state index >= 15 is 0 Å². The molecule has 1 aromatic heterocycles. The summed E-state index contributed by atoms with van der Waals surface area (Å²) in [5.74, 6) is -0.831.